The van der Waals surface area contributed by atoms with Gasteiger partial charge in [0, 0.05) is 25.8 Å². The molecule has 0 aliphatic rings. The molecule has 0 bridgehead atoms. The van der Waals surface area contributed by atoms with Crippen LogP contribution in [-0.2, 0) is 19.1 Å². The van der Waals surface area contributed by atoms with Crippen molar-refractivity contribution >= 4 is 17.8 Å². The highest BCUT2D eigenvalue weighted by atomic mass is 16.5. The number of esters is 1. The minimum Gasteiger partial charge on any atom is -0.466 e. The second-order valence-electron chi connectivity index (χ2n) is 15.4. The van der Waals surface area contributed by atoms with Gasteiger partial charge in [0.1, 0.15) is 0 Å². The van der Waals surface area contributed by atoms with Crippen molar-refractivity contribution < 1.29 is 19.1 Å². The highest BCUT2D eigenvalue weighted by Gasteiger charge is 2.20. The van der Waals surface area contributed by atoms with Crippen molar-refractivity contribution in [3.8, 4) is 0 Å². The molecule has 0 atom stereocenters. The topological polar surface area (TPSA) is 63.7 Å². The molecule has 0 aliphatic heterocycles. The molecular weight excluding hydrogens is 618 g/mol. The third-order valence-electron chi connectivity index (χ3n) is 10.4. The summed E-state index contributed by atoms with van der Waals surface area (Å²) in [6.45, 7) is 7.43. The van der Waals surface area contributed by atoms with Crippen molar-refractivity contribution in [3.05, 3.63) is 0 Å². The first-order valence-electron chi connectivity index (χ1n) is 22.6. The van der Waals surface area contributed by atoms with Crippen LogP contribution in [0.1, 0.15) is 258 Å². The lowest BCUT2D eigenvalue weighted by Crippen LogP contribution is -2.38. The minimum atomic E-state index is -0.146. The summed E-state index contributed by atoms with van der Waals surface area (Å²) < 4.78 is 5.50. The lowest BCUT2D eigenvalue weighted by atomic mass is 10.0. The molecule has 296 valence electrons. The lowest BCUT2D eigenvalue weighted by Gasteiger charge is -2.21. The van der Waals surface area contributed by atoms with Gasteiger partial charge in [-0.3, -0.25) is 19.3 Å². The Morgan fingerprint density at radius 2 is 0.600 bits per heavy atom. The molecular formula is C45H87NO4. The van der Waals surface area contributed by atoms with Crippen LogP contribution in [0.3, 0.4) is 0 Å². The number of rotatable bonds is 40. The molecule has 0 aromatic rings. The number of hydrogen-bond acceptors (Lipinski definition) is 4. The Balaban J connectivity index is 4.31. The van der Waals surface area contributed by atoms with Crippen LogP contribution >= 0.6 is 0 Å². The number of imide groups is 1. The third kappa shape index (κ3) is 35.0. The molecule has 0 aromatic carbocycles. The third-order valence-corrected chi connectivity index (χ3v) is 10.4. The largest absolute Gasteiger partial charge is 0.466 e. The van der Waals surface area contributed by atoms with E-state index in [-0.39, 0.29) is 24.4 Å². The summed E-state index contributed by atoms with van der Waals surface area (Å²) in [5.41, 5.74) is 0. The second-order valence-corrected chi connectivity index (χ2v) is 15.4. The Kier molecular flexibility index (Phi) is 39.3. The molecule has 5 heteroatoms. The molecule has 0 fully saturated rings. The summed E-state index contributed by atoms with van der Waals surface area (Å²) in [6.07, 6.45) is 43.1. The Hall–Kier alpha value is -1.39. The van der Waals surface area contributed by atoms with Gasteiger partial charge in [0.05, 0.1) is 6.61 Å². The number of nitrogens with zero attached hydrogens (tertiary/aromatic N) is 1. The average Bonchev–Trinajstić information content (AvgIpc) is 3.11. The van der Waals surface area contributed by atoms with E-state index >= 15 is 0 Å². The van der Waals surface area contributed by atoms with Gasteiger partial charge in [0.2, 0.25) is 11.8 Å². The first-order valence-corrected chi connectivity index (χ1v) is 22.6. The van der Waals surface area contributed by atoms with E-state index in [9.17, 15) is 14.4 Å². The minimum absolute atomic E-state index is 0.0405. The number of ether oxygens (including phenoxy) is 1. The second kappa shape index (κ2) is 40.4. The Bertz CT molecular complexity index is 701. The molecule has 0 N–H and O–H groups in total. The molecule has 5 nitrogen and oxygen atoms in total. The van der Waals surface area contributed by atoms with E-state index in [1.807, 2.05) is 0 Å². The van der Waals surface area contributed by atoms with E-state index in [0.717, 1.165) is 38.5 Å². The fourth-order valence-corrected chi connectivity index (χ4v) is 6.95. The maximum Gasteiger partial charge on any atom is 0.305 e. The summed E-state index contributed by atoms with van der Waals surface area (Å²) in [5, 5.41) is 0. The van der Waals surface area contributed by atoms with Crippen LogP contribution in [0.4, 0.5) is 0 Å². The van der Waals surface area contributed by atoms with Crippen molar-refractivity contribution in [3.63, 3.8) is 0 Å². The molecule has 2 amide bonds. The molecule has 0 aliphatic carbocycles. The van der Waals surface area contributed by atoms with E-state index in [1.54, 1.807) is 0 Å². The van der Waals surface area contributed by atoms with E-state index in [1.165, 1.54) is 178 Å². The molecule has 0 rings (SSSR count). The van der Waals surface area contributed by atoms with Crippen LogP contribution < -0.4 is 0 Å². The Morgan fingerprint density at radius 1 is 0.340 bits per heavy atom. The molecule has 0 aromatic heterocycles. The first kappa shape index (κ1) is 48.6. The summed E-state index contributed by atoms with van der Waals surface area (Å²) in [4.78, 5) is 40.2. The fraction of sp³-hybridized carbons (Fsp3) is 0.933. The lowest BCUT2D eigenvalue weighted by molar-refractivity contribution is -0.145. The summed E-state index contributed by atoms with van der Waals surface area (Å²) in [6, 6.07) is 0. The highest BCUT2D eigenvalue weighted by Crippen LogP contribution is 2.16. The SMILES string of the molecule is CCCCCCCCCCCCCC(=O)OCCCN(C(=O)CCCCCCCCCCCCC)C(=O)CCCCCCCCCCCCC. The van der Waals surface area contributed by atoms with E-state index in [0.29, 0.717) is 32.2 Å². The van der Waals surface area contributed by atoms with Crippen LogP contribution in [0, 0.1) is 0 Å². The maximum absolute atomic E-state index is 13.2. The monoisotopic (exact) mass is 706 g/mol. The predicted octanol–water partition coefficient (Wildman–Crippen LogP) is 14.4. The van der Waals surface area contributed by atoms with Gasteiger partial charge in [0.25, 0.3) is 0 Å². The average molecular weight is 706 g/mol. The van der Waals surface area contributed by atoms with Gasteiger partial charge < -0.3 is 4.74 Å². The molecule has 50 heavy (non-hydrogen) atoms. The molecule has 0 unspecified atom stereocenters. The zero-order chi connectivity index (χ0) is 36.6. The van der Waals surface area contributed by atoms with Crippen molar-refractivity contribution in [2.75, 3.05) is 13.2 Å². The zero-order valence-electron chi connectivity index (χ0n) is 34.2. The number of carbonyl (C=O) groups excluding carboxylic acids is 3. The van der Waals surface area contributed by atoms with Crippen LogP contribution in [0.5, 0.6) is 0 Å². The predicted molar refractivity (Wildman–Crippen MR) is 216 cm³/mol. The van der Waals surface area contributed by atoms with E-state index in [4.69, 9.17) is 4.74 Å². The molecule has 0 saturated carbocycles. The number of carbonyl (C=O) groups is 3. The normalized spacial score (nSPS) is 11.3. The quantitative estimate of drug-likeness (QED) is 0.0470. The van der Waals surface area contributed by atoms with Crippen LogP contribution in [0.2, 0.25) is 0 Å². The van der Waals surface area contributed by atoms with Crippen LogP contribution in [0.15, 0.2) is 0 Å². The van der Waals surface area contributed by atoms with Gasteiger partial charge in [-0.2, -0.15) is 0 Å². The van der Waals surface area contributed by atoms with Gasteiger partial charge >= 0.3 is 5.97 Å². The van der Waals surface area contributed by atoms with Crippen LogP contribution in [-0.4, -0.2) is 35.8 Å². The van der Waals surface area contributed by atoms with Crippen LogP contribution in [0.25, 0.3) is 0 Å². The van der Waals surface area contributed by atoms with Crippen molar-refractivity contribution in [1.29, 1.82) is 0 Å². The van der Waals surface area contributed by atoms with Crippen molar-refractivity contribution in [2.45, 2.75) is 258 Å². The number of unbranched alkanes of at least 4 members (excludes halogenated alkanes) is 30. The summed E-state index contributed by atoms with van der Waals surface area (Å²) in [7, 11) is 0. The number of amides is 2. The summed E-state index contributed by atoms with van der Waals surface area (Å²) >= 11 is 0. The first-order chi connectivity index (χ1) is 24.6. The smallest absolute Gasteiger partial charge is 0.305 e. The van der Waals surface area contributed by atoms with Gasteiger partial charge in [0.15, 0.2) is 0 Å². The molecule has 0 spiro atoms. The summed E-state index contributed by atoms with van der Waals surface area (Å²) in [5.74, 6) is -0.227. The molecule has 0 radical (unpaired) electrons. The zero-order valence-corrected chi connectivity index (χ0v) is 34.2. The standard InChI is InChI=1S/C45H87NO4/c1-4-7-10-13-16-19-22-25-28-31-34-38-43(47)46(44(48)39-35-32-29-26-23-20-17-14-11-8-5-2)41-37-42-50-45(49)40-36-33-30-27-24-21-18-15-12-9-6-3/h4-42H2,1-3H3. The van der Waals surface area contributed by atoms with Gasteiger partial charge in [-0.25, -0.2) is 0 Å². The molecule has 0 saturated heterocycles. The van der Waals surface area contributed by atoms with Crippen molar-refractivity contribution in [2.24, 2.45) is 0 Å². The van der Waals surface area contributed by atoms with Gasteiger partial charge in [-0.05, 0) is 25.7 Å². The van der Waals surface area contributed by atoms with Gasteiger partial charge in [-0.1, -0.05) is 213 Å². The number of hydrogen-bond donors (Lipinski definition) is 0. The molecule has 0 heterocycles. The Labute approximate surface area is 312 Å². The van der Waals surface area contributed by atoms with E-state index in [2.05, 4.69) is 20.8 Å². The van der Waals surface area contributed by atoms with Crippen molar-refractivity contribution in [1.82, 2.24) is 4.90 Å². The maximum atomic E-state index is 13.2. The Morgan fingerprint density at radius 3 is 0.900 bits per heavy atom. The van der Waals surface area contributed by atoms with E-state index < -0.39 is 0 Å². The highest BCUT2D eigenvalue weighted by molar-refractivity contribution is 5.95. The van der Waals surface area contributed by atoms with Gasteiger partial charge in [-0.15, -0.1) is 0 Å². The fourth-order valence-electron chi connectivity index (χ4n) is 6.95.